The van der Waals surface area contributed by atoms with Gasteiger partial charge >= 0.3 is 0 Å². The standard InChI is InChI=1S/C36H40N4O/c1-3-4-24-40-34(33(30-16-10-6-11-17-30)38-36(40)32-18-12-7-13-19-32)27(2)39(25-28-14-8-5-9-15-28)26-29-20-22-31(23-21-29)35(37)41/h5-23,27,33-34H,3-4,24-26H2,1-2H3,(H2,37,41). The molecule has 3 unspecified atom stereocenters. The Balaban J connectivity index is 1.55. The summed E-state index contributed by atoms with van der Waals surface area (Å²) in [5.74, 6) is 0.676. The number of hydrogen-bond acceptors (Lipinski definition) is 4. The molecule has 5 nitrogen and oxygen atoms in total. The molecule has 0 radical (unpaired) electrons. The minimum Gasteiger partial charge on any atom is -0.366 e. The lowest BCUT2D eigenvalue weighted by molar-refractivity contribution is 0.1000. The van der Waals surface area contributed by atoms with E-state index in [0.29, 0.717) is 5.56 Å². The average molecular weight is 545 g/mol. The van der Waals surface area contributed by atoms with Crippen molar-refractivity contribution in [2.24, 2.45) is 10.7 Å². The van der Waals surface area contributed by atoms with E-state index in [9.17, 15) is 4.79 Å². The number of unbranched alkanes of at least 4 members (excludes halogenated alkanes) is 1. The Bertz CT molecular complexity index is 1420. The summed E-state index contributed by atoms with van der Waals surface area (Å²) in [7, 11) is 0. The number of nitrogens with two attached hydrogens (primary N) is 1. The molecule has 4 aromatic rings. The van der Waals surface area contributed by atoms with Crippen LogP contribution in [0.15, 0.2) is 120 Å². The number of primary amides is 1. The highest BCUT2D eigenvalue weighted by atomic mass is 16.1. The second kappa shape index (κ2) is 13.4. The number of aliphatic imine (C=N–C) groups is 1. The van der Waals surface area contributed by atoms with Crippen molar-refractivity contribution in [3.63, 3.8) is 0 Å². The van der Waals surface area contributed by atoms with Gasteiger partial charge in [-0.3, -0.25) is 14.7 Å². The van der Waals surface area contributed by atoms with Crippen LogP contribution in [0.25, 0.3) is 0 Å². The zero-order valence-corrected chi connectivity index (χ0v) is 24.1. The lowest BCUT2D eigenvalue weighted by Gasteiger charge is -2.41. The maximum absolute atomic E-state index is 11.7. The van der Waals surface area contributed by atoms with E-state index < -0.39 is 5.91 Å². The lowest BCUT2D eigenvalue weighted by atomic mass is 9.92. The van der Waals surface area contributed by atoms with Crippen LogP contribution in [0.5, 0.6) is 0 Å². The molecule has 0 aliphatic carbocycles. The zero-order valence-electron chi connectivity index (χ0n) is 24.1. The van der Waals surface area contributed by atoms with Crippen LogP contribution in [0.2, 0.25) is 0 Å². The third-order valence-electron chi connectivity index (χ3n) is 8.07. The fourth-order valence-corrected chi connectivity index (χ4v) is 5.84. The van der Waals surface area contributed by atoms with Crippen LogP contribution in [-0.2, 0) is 13.1 Å². The van der Waals surface area contributed by atoms with Crippen molar-refractivity contribution in [1.29, 1.82) is 0 Å². The second-order valence-corrected chi connectivity index (χ2v) is 10.9. The van der Waals surface area contributed by atoms with Gasteiger partial charge in [0.15, 0.2) is 0 Å². The first-order valence-electron chi connectivity index (χ1n) is 14.7. The number of rotatable bonds is 12. The van der Waals surface area contributed by atoms with Gasteiger partial charge in [-0.1, -0.05) is 116 Å². The highest BCUT2D eigenvalue weighted by molar-refractivity contribution is 6.00. The van der Waals surface area contributed by atoms with Crippen LogP contribution in [0, 0.1) is 0 Å². The Morgan fingerprint density at radius 3 is 1.98 bits per heavy atom. The summed E-state index contributed by atoms with van der Waals surface area (Å²) in [4.78, 5) is 22.3. The summed E-state index contributed by atoms with van der Waals surface area (Å²) in [5, 5.41) is 0. The number of amides is 1. The van der Waals surface area contributed by atoms with E-state index >= 15 is 0 Å². The topological polar surface area (TPSA) is 61.9 Å². The predicted molar refractivity (Wildman–Crippen MR) is 168 cm³/mol. The molecule has 0 spiro atoms. The van der Waals surface area contributed by atoms with E-state index in [1.807, 2.05) is 24.3 Å². The van der Waals surface area contributed by atoms with Crippen LogP contribution in [0.3, 0.4) is 0 Å². The highest BCUT2D eigenvalue weighted by Crippen LogP contribution is 2.37. The maximum Gasteiger partial charge on any atom is 0.248 e. The van der Waals surface area contributed by atoms with Gasteiger partial charge in [0.2, 0.25) is 5.91 Å². The quantitative estimate of drug-likeness (QED) is 0.212. The van der Waals surface area contributed by atoms with Gasteiger partial charge in [0, 0.05) is 36.8 Å². The van der Waals surface area contributed by atoms with Crippen molar-refractivity contribution < 1.29 is 4.79 Å². The first-order chi connectivity index (χ1) is 20.0. The number of nitrogens with zero attached hydrogens (tertiary/aromatic N) is 3. The monoisotopic (exact) mass is 544 g/mol. The molecule has 0 aromatic heterocycles. The highest BCUT2D eigenvalue weighted by Gasteiger charge is 2.42. The molecule has 1 aliphatic heterocycles. The number of carbonyl (C=O) groups is 1. The third-order valence-corrected chi connectivity index (χ3v) is 8.07. The first-order valence-corrected chi connectivity index (χ1v) is 14.7. The third kappa shape index (κ3) is 6.75. The Morgan fingerprint density at radius 2 is 1.39 bits per heavy atom. The van der Waals surface area contributed by atoms with Gasteiger partial charge in [-0.25, -0.2) is 0 Å². The zero-order chi connectivity index (χ0) is 28.6. The van der Waals surface area contributed by atoms with E-state index in [1.54, 1.807) is 0 Å². The van der Waals surface area contributed by atoms with Gasteiger partial charge < -0.3 is 10.6 Å². The first kappa shape index (κ1) is 28.3. The smallest absolute Gasteiger partial charge is 0.248 e. The SMILES string of the molecule is CCCCN1C(c2ccccc2)=NC(c2ccccc2)C1C(C)N(Cc1ccccc1)Cc1ccc(C(N)=O)cc1. The molecule has 3 atom stereocenters. The van der Waals surface area contributed by atoms with E-state index in [4.69, 9.17) is 10.7 Å². The van der Waals surface area contributed by atoms with Gasteiger partial charge in [0.05, 0.1) is 12.1 Å². The number of carbonyl (C=O) groups excluding carboxylic acids is 1. The average Bonchev–Trinajstić information content (AvgIpc) is 3.40. The molecule has 2 N–H and O–H groups in total. The molecule has 0 saturated carbocycles. The summed E-state index contributed by atoms with van der Waals surface area (Å²) < 4.78 is 0. The number of hydrogen-bond donors (Lipinski definition) is 1. The minimum absolute atomic E-state index is 0.00812. The molecular weight excluding hydrogens is 504 g/mol. The molecular formula is C36H40N4O. The molecule has 41 heavy (non-hydrogen) atoms. The Hall–Kier alpha value is -4.22. The fraction of sp³-hybridized carbons (Fsp3) is 0.278. The van der Waals surface area contributed by atoms with E-state index in [1.165, 1.54) is 11.1 Å². The van der Waals surface area contributed by atoms with Crippen LogP contribution in [-0.4, -0.2) is 40.2 Å². The van der Waals surface area contributed by atoms with Crippen molar-refractivity contribution in [2.75, 3.05) is 6.54 Å². The van der Waals surface area contributed by atoms with Gasteiger partial charge in [-0.05, 0) is 42.2 Å². The molecule has 5 heteroatoms. The van der Waals surface area contributed by atoms with Crippen molar-refractivity contribution >= 4 is 11.7 Å². The molecule has 0 saturated heterocycles. The van der Waals surface area contributed by atoms with Crippen molar-refractivity contribution in [1.82, 2.24) is 9.80 Å². The van der Waals surface area contributed by atoms with E-state index in [-0.39, 0.29) is 18.1 Å². The van der Waals surface area contributed by atoms with Crippen molar-refractivity contribution in [3.8, 4) is 0 Å². The van der Waals surface area contributed by atoms with Gasteiger partial charge in [-0.15, -0.1) is 0 Å². The van der Waals surface area contributed by atoms with Gasteiger partial charge in [-0.2, -0.15) is 0 Å². The molecule has 210 valence electrons. The second-order valence-electron chi connectivity index (χ2n) is 10.9. The summed E-state index contributed by atoms with van der Waals surface area (Å²) in [6.45, 7) is 7.11. The number of amidine groups is 1. The Morgan fingerprint density at radius 1 is 0.829 bits per heavy atom. The largest absolute Gasteiger partial charge is 0.366 e. The summed E-state index contributed by atoms with van der Waals surface area (Å²) >= 11 is 0. The molecule has 4 aromatic carbocycles. The fourth-order valence-electron chi connectivity index (χ4n) is 5.84. The Labute approximate surface area is 244 Å². The van der Waals surface area contributed by atoms with E-state index in [0.717, 1.165) is 49.4 Å². The summed E-state index contributed by atoms with van der Waals surface area (Å²) in [6.07, 6.45) is 2.22. The Kier molecular flexibility index (Phi) is 9.27. The van der Waals surface area contributed by atoms with E-state index in [2.05, 4.69) is 115 Å². The molecule has 1 heterocycles. The molecule has 1 amide bonds. The molecule has 0 bridgehead atoms. The normalized spacial score (nSPS) is 17.4. The summed E-state index contributed by atoms with van der Waals surface area (Å²) in [5.41, 5.74) is 10.9. The molecule has 0 fully saturated rings. The van der Waals surface area contributed by atoms with Crippen LogP contribution < -0.4 is 5.73 Å². The minimum atomic E-state index is -0.403. The van der Waals surface area contributed by atoms with Crippen LogP contribution in [0.1, 0.15) is 65.3 Å². The van der Waals surface area contributed by atoms with Gasteiger partial charge in [0.1, 0.15) is 5.84 Å². The van der Waals surface area contributed by atoms with Crippen LogP contribution >= 0.6 is 0 Å². The predicted octanol–water partition coefficient (Wildman–Crippen LogP) is 6.85. The summed E-state index contributed by atoms with van der Waals surface area (Å²) in [6, 6.07) is 40.0. The van der Waals surface area contributed by atoms with Gasteiger partial charge in [0.25, 0.3) is 0 Å². The van der Waals surface area contributed by atoms with Crippen molar-refractivity contribution in [2.45, 2.75) is 57.9 Å². The van der Waals surface area contributed by atoms with Crippen LogP contribution in [0.4, 0.5) is 0 Å². The van der Waals surface area contributed by atoms with Crippen molar-refractivity contribution in [3.05, 3.63) is 143 Å². The maximum atomic E-state index is 11.7. The molecule has 5 rings (SSSR count). The lowest BCUT2D eigenvalue weighted by Crippen LogP contribution is -2.51. The molecule has 1 aliphatic rings. The number of benzene rings is 4.